The van der Waals surface area contributed by atoms with Crippen LogP contribution in [0, 0.1) is 0 Å². The van der Waals surface area contributed by atoms with Crippen molar-refractivity contribution in [3.8, 4) is 0 Å². The van der Waals surface area contributed by atoms with Crippen LogP contribution >= 0.6 is 0 Å². The second-order valence-electron chi connectivity index (χ2n) is 5.45. The summed E-state index contributed by atoms with van der Waals surface area (Å²) in [7, 11) is 3.54. The minimum Gasteiger partial charge on any atom is -0.530 e. The molecule has 0 aromatic heterocycles. The van der Waals surface area contributed by atoms with Crippen LogP contribution in [0.4, 0.5) is 4.79 Å². The first-order chi connectivity index (χ1) is 11.3. The second-order valence-corrected chi connectivity index (χ2v) is 5.45. The van der Waals surface area contributed by atoms with Crippen LogP contribution in [0.2, 0.25) is 0 Å². The average Bonchev–Trinajstić information content (AvgIpc) is 2.54. The molecule has 24 heavy (non-hydrogen) atoms. The quantitative estimate of drug-likeness (QED) is 0.541. The number of benzene rings is 1. The number of hydrogen-bond donors (Lipinski definition) is 2. The van der Waals surface area contributed by atoms with E-state index in [1.165, 1.54) is 4.90 Å². The number of hydrogen-bond acceptors (Lipinski definition) is 3. The Morgan fingerprint density at radius 3 is 2.25 bits per heavy atom. The van der Waals surface area contributed by atoms with Gasteiger partial charge in [0.25, 0.3) is 0 Å². The van der Waals surface area contributed by atoms with Crippen LogP contribution in [0.3, 0.4) is 0 Å². The summed E-state index contributed by atoms with van der Waals surface area (Å²) in [6, 6.07) is 7.75. The Hall–Kier alpha value is -2.77. The molecule has 8 nitrogen and oxygen atoms in total. The van der Waals surface area contributed by atoms with Crippen molar-refractivity contribution in [2.75, 3.05) is 27.2 Å². The average molecular weight is 333 g/mol. The third kappa shape index (κ3) is 6.55. The Morgan fingerprint density at radius 2 is 1.75 bits per heavy atom. The zero-order chi connectivity index (χ0) is 18.1. The van der Waals surface area contributed by atoms with E-state index < -0.39 is 6.09 Å². The van der Waals surface area contributed by atoms with Gasteiger partial charge in [0.1, 0.15) is 6.09 Å². The molecule has 132 valence electrons. The Bertz CT molecular complexity index is 595. The van der Waals surface area contributed by atoms with E-state index in [0.29, 0.717) is 32.0 Å². The lowest BCUT2D eigenvalue weighted by atomic mass is 10.1. The molecule has 0 radical (unpaired) electrons. The molecule has 0 aliphatic heterocycles. The normalized spacial score (nSPS) is 12.1. The highest BCUT2D eigenvalue weighted by atomic mass is 16.4. The monoisotopic (exact) mass is 333 g/mol. The number of amides is 1. The number of nitrogens with two attached hydrogens (primary N) is 2. The predicted molar refractivity (Wildman–Crippen MR) is 93.4 cm³/mol. The number of likely N-dealkylation sites (N-methyl/N-ethyl adjacent to an activating group) is 1. The molecular formula is C16H25N6O2-. The molecule has 8 heteroatoms. The third-order valence-electron chi connectivity index (χ3n) is 3.44. The summed E-state index contributed by atoms with van der Waals surface area (Å²) in [5, 5.41) is 10.8. The standard InChI is InChI=1S/C16H26N6O2/c1-4-22(16(23)24)10-9-12-5-7-13(8-6-12)11-19-14(17)20-15(18)21(2)3/h5-8H,4,9-11H2,1-3H3,(H,23,24)(H4,17,18,19,20)/p-1. The lowest BCUT2D eigenvalue weighted by molar-refractivity contribution is -0.265. The molecule has 0 saturated carbocycles. The molecule has 1 aromatic rings. The highest BCUT2D eigenvalue weighted by Crippen LogP contribution is 2.07. The molecule has 0 aliphatic rings. The Balaban J connectivity index is 2.59. The molecule has 0 unspecified atom stereocenters. The predicted octanol–water partition coefficient (Wildman–Crippen LogP) is -0.415. The minimum atomic E-state index is -1.14. The Labute approximate surface area is 142 Å². The van der Waals surface area contributed by atoms with Crippen LogP contribution in [-0.4, -0.2) is 55.0 Å². The SMILES string of the molecule is CCN(CCc1ccc(CN=C(N)N=C(N)N(C)C)cc1)C(=O)[O-]. The van der Waals surface area contributed by atoms with Crippen molar-refractivity contribution < 1.29 is 9.90 Å². The number of nitrogens with zero attached hydrogens (tertiary/aromatic N) is 4. The maximum atomic E-state index is 10.8. The summed E-state index contributed by atoms with van der Waals surface area (Å²) >= 11 is 0. The Morgan fingerprint density at radius 1 is 1.17 bits per heavy atom. The maximum absolute atomic E-state index is 10.8. The van der Waals surface area contributed by atoms with Crippen molar-refractivity contribution in [3.63, 3.8) is 0 Å². The first-order valence-electron chi connectivity index (χ1n) is 7.68. The Kier molecular flexibility index (Phi) is 7.54. The van der Waals surface area contributed by atoms with E-state index in [1.54, 1.807) is 25.9 Å². The van der Waals surface area contributed by atoms with Gasteiger partial charge in [-0.2, -0.15) is 4.99 Å². The van der Waals surface area contributed by atoms with Crippen LogP contribution < -0.4 is 16.6 Å². The first-order valence-corrected chi connectivity index (χ1v) is 7.68. The van der Waals surface area contributed by atoms with E-state index >= 15 is 0 Å². The fraction of sp³-hybridized carbons (Fsp3) is 0.438. The van der Waals surface area contributed by atoms with Crippen molar-refractivity contribution in [2.24, 2.45) is 21.5 Å². The first kappa shape index (κ1) is 19.3. The van der Waals surface area contributed by atoms with Crippen LogP contribution in [0.5, 0.6) is 0 Å². The van der Waals surface area contributed by atoms with E-state index in [0.717, 1.165) is 11.1 Å². The summed E-state index contributed by atoms with van der Waals surface area (Å²) in [5.74, 6) is 0.415. The number of guanidine groups is 2. The summed E-state index contributed by atoms with van der Waals surface area (Å²) in [6.07, 6.45) is -0.506. The van der Waals surface area contributed by atoms with Crippen molar-refractivity contribution in [3.05, 3.63) is 35.4 Å². The van der Waals surface area contributed by atoms with Gasteiger partial charge in [0, 0.05) is 27.2 Å². The summed E-state index contributed by atoms with van der Waals surface area (Å²) < 4.78 is 0. The molecule has 0 spiro atoms. The maximum Gasteiger partial charge on any atom is 0.218 e. The second kappa shape index (κ2) is 9.39. The van der Waals surface area contributed by atoms with Crippen LogP contribution in [0.15, 0.2) is 34.3 Å². The molecule has 0 bridgehead atoms. The molecule has 1 rings (SSSR count). The van der Waals surface area contributed by atoms with E-state index in [2.05, 4.69) is 9.98 Å². The van der Waals surface area contributed by atoms with Crippen LogP contribution in [-0.2, 0) is 13.0 Å². The van der Waals surface area contributed by atoms with Crippen molar-refractivity contribution in [1.82, 2.24) is 9.80 Å². The molecule has 0 fully saturated rings. The molecule has 0 saturated heterocycles. The highest BCUT2D eigenvalue weighted by molar-refractivity contribution is 5.93. The molecular weight excluding hydrogens is 308 g/mol. The number of carbonyl (C=O) groups is 1. The number of rotatable bonds is 6. The largest absolute Gasteiger partial charge is 0.530 e. The van der Waals surface area contributed by atoms with Crippen LogP contribution in [0.1, 0.15) is 18.1 Å². The van der Waals surface area contributed by atoms with Gasteiger partial charge in [-0.1, -0.05) is 24.3 Å². The van der Waals surface area contributed by atoms with Crippen LogP contribution in [0.25, 0.3) is 0 Å². The van der Waals surface area contributed by atoms with Gasteiger partial charge >= 0.3 is 0 Å². The van der Waals surface area contributed by atoms with Crippen molar-refractivity contribution >= 4 is 18.0 Å². The fourth-order valence-corrected chi connectivity index (χ4v) is 1.88. The van der Waals surface area contributed by atoms with E-state index in [9.17, 15) is 9.90 Å². The van der Waals surface area contributed by atoms with Gasteiger partial charge in [0.05, 0.1) is 6.54 Å². The number of carbonyl (C=O) groups excluding carboxylic acids is 1. The van der Waals surface area contributed by atoms with Gasteiger partial charge in [-0.05, 0) is 24.5 Å². The fourth-order valence-electron chi connectivity index (χ4n) is 1.88. The third-order valence-corrected chi connectivity index (χ3v) is 3.44. The molecule has 1 amide bonds. The molecule has 0 atom stereocenters. The van der Waals surface area contributed by atoms with Gasteiger partial charge in [0.2, 0.25) is 5.96 Å². The van der Waals surface area contributed by atoms with Gasteiger partial charge < -0.3 is 31.2 Å². The lowest BCUT2D eigenvalue weighted by Crippen LogP contribution is -2.42. The number of carboxylic acid groups (broad SMARTS) is 1. The van der Waals surface area contributed by atoms with Gasteiger partial charge in [0.15, 0.2) is 5.96 Å². The molecule has 0 heterocycles. The minimum absolute atomic E-state index is 0.123. The van der Waals surface area contributed by atoms with E-state index in [1.807, 2.05) is 24.3 Å². The summed E-state index contributed by atoms with van der Waals surface area (Å²) in [5.41, 5.74) is 13.4. The zero-order valence-corrected chi connectivity index (χ0v) is 14.4. The summed E-state index contributed by atoms with van der Waals surface area (Å²) in [4.78, 5) is 21.9. The number of aliphatic imine (C=N–C) groups is 2. The zero-order valence-electron chi connectivity index (χ0n) is 14.4. The topological polar surface area (TPSA) is 123 Å². The van der Waals surface area contributed by atoms with Gasteiger partial charge in [-0.15, -0.1) is 0 Å². The smallest absolute Gasteiger partial charge is 0.218 e. The molecule has 4 N–H and O–H groups in total. The van der Waals surface area contributed by atoms with E-state index in [-0.39, 0.29) is 5.96 Å². The highest BCUT2D eigenvalue weighted by Gasteiger charge is 2.02. The lowest BCUT2D eigenvalue weighted by Gasteiger charge is -2.23. The molecule has 1 aromatic carbocycles. The summed E-state index contributed by atoms with van der Waals surface area (Å²) in [6.45, 7) is 3.02. The van der Waals surface area contributed by atoms with Crippen molar-refractivity contribution in [2.45, 2.75) is 19.9 Å². The van der Waals surface area contributed by atoms with Crippen molar-refractivity contribution in [1.29, 1.82) is 0 Å². The van der Waals surface area contributed by atoms with E-state index in [4.69, 9.17) is 11.5 Å². The molecule has 0 aliphatic carbocycles. The van der Waals surface area contributed by atoms with Gasteiger partial charge in [-0.3, -0.25) is 0 Å². The van der Waals surface area contributed by atoms with Gasteiger partial charge in [-0.25, -0.2) is 4.99 Å².